The van der Waals surface area contributed by atoms with Gasteiger partial charge in [0.2, 0.25) is 0 Å². The fourth-order valence-corrected chi connectivity index (χ4v) is 3.61. The molecule has 0 saturated heterocycles. The fraction of sp³-hybridized carbons (Fsp3) is 0.263. The molecule has 0 bridgehead atoms. The summed E-state index contributed by atoms with van der Waals surface area (Å²) in [5.74, 6) is -0.220. The van der Waals surface area contributed by atoms with Crippen molar-refractivity contribution in [1.82, 2.24) is 34.2 Å². The maximum absolute atomic E-state index is 12.8. The lowest BCUT2D eigenvalue weighted by Crippen LogP contribution is -2.27. The zero-order valence-electron chi connectivity index (χ0n) is 16.0. The van der Waals surface area contributed by atoms with Crippen LogP contribution in [0.3, 0.4) is 0 Å². The number of benzene rings is 1. The summed E-state index contributed by atoms with van der Waals surface area (Å²) in [4.78, 5) is 29.9. The van der Waals surface area contributed by atoms with Crippen LogP contribution in [0, 0.1) is 13.8 Å². The Kier molecular flexibility index (Phi) is 5.17. The summed E-state index contributed by atoms with van der Waals surface area (Å²) in [6.45, 7) is 4.96. The number of nitrogens with one attached hydrogen (secondary N) is 1. The van der Waals surface area contributed by atoms with Crippen molar-refractivity contribution in [3.05, 3.63) is 68.8 Å². The molecule has 0 unspecified atom stereocenters. The van der Waals surface area contributed by atoms with Crippen molar-refractivity contribution < 1.29 is 4.79 Å². The Bertz CT molecular complexity index is 1240. The lowest BCUT2D eigenvalue weighted by molar-refractivity contribution is 0.0955. The van der Waals surface area contributed by atoms with Crippen LogP contribution in [-0.4, -0.2) is 41.4 Å². The molecule has 0 spiro atoms. The highest BCUT2D eigenvalue weighted by atomic mass is 32.1. The number of amides is 1. The summed E-state index contributed by atoms with van der Waals surface area (Å²) < 4.78 is 6.96. The van der Waals surface area contributed by atoms with Gasteiger partial charge in [0.1, 0.15) is 16.6 Å². The van der Waals surface area contributed by atoms with Crippen LogP contribution >= 0.6 is 11.5 Å². The minimum absolute atomic E-state index is 0.139. The van der Waals surface area contributed by atoms with Crippen molar-refractivity contribution in [2.75, 3.05) is 6.54 Å². The molecule has 3 aromatic heterocycles. The van der Waals surface area contributed by atoms with Crippen LogP contribution in [-0.2, 0) is 13.1 Å². The molecule has 10 heteroatoms. The molecule has 148 valence electrons. The van der Waals surface area contributed by atoms with Crippen molar-refractivity contribution in [1.29, 1.82) is 0 Å². The quantitative estimate of drug-likeness (QED) is 0.518. The highest BCUT2D eigenvalue weighted by molar-refractivity contribution is 7.07. The zero-order valence-corrected chi connectivity index (χ0v) is 16.8. The standard InChI is InChI=1S/C19H19N7O2S/c1-12-5-3-4-6-14(12)10-25-11-21-17-15(19(25)28)9-22-26(17)8-7-20-18(27)16-13(2)23-24-29-16/h3-6,9,11H,7-8,10H2,1-2H3,(H,20,27). The van der Waals surface area contributed by atoms with Crippen molar-refractivity contribution in [3.8, 4) is 0 Å². The van der Waals surface area contributed by atoms with Gasteiger partial charge in [0, 0.05) is 6.54 Å². The third kappa shape index (κ3) is 3.79. The monoisotopic (exact) mass is 409 g/mol. The van der Waals surface area contributed by atoms with Gasteiger partial charge >= 0.3 is 0 Å². The Morgan fingerprint density at radius 1 is 1.24 bits per heavy atom. The highest BCUT2D eigenvalue weighted by Gasteiger charge is 2.14. The van der Waals surface area contributed by atoms with E-state index in [9.17, 15) is 9.59 Å². The van der Waals surface area contributed by atoms with E-state index in [-0.39, 0.29) is 11.5 Å². The van der Waals surface area contributed by atoms with Gasteiger partial charge in [-0.3, -0.25) is 14.2 Å². The molecule has 29 heavy (non-hydrogen) atoms. The molecule has 0 saturated carbocycles. The molecule has 1 aromatic carbocycles. The average molecular weight is 409 g/mol. The van der Waals surface area contributed by atoms with Gasteiger partial charge in [-0.2, -0.15) is 5.10 Å². The lowest BCUT2D eigenvalue weighted by atomic mass is 10.1. The molecule has 0 aliphatic rings. The minimum atomic E-state index is -0.220. The number of aryl methyl sites for hydroxylation is 2. The Morgan fingerprint density at radius 2 is 2.07 bits per heavy atom. The predicted molar refractivity (Wildman–Crippen MR) is 109 cm³/mol. The van der Waals surface area contributed by atoms with Crippen LogP contribution < -0.4 is 10.9 Å². The SMILES string of the molecule is Cc1ccccc1Cn1cnc2c(cnn2CCNC(=O)c2snnc2C)c1=O. The predicted octanol–water partition coefficient (Wildman–Crippen LogP) is 1.54. The number of fused-ring (bicyclic) bond motifs is 1. The van der Waals surface area contributed by atoms with Gasteiger partial charge < -0.3 is 5.32 Å². The van der Waals surface area contributed by atoms with Gasteiger partial charge in [-0.15, -0.1) is 5.10 Å². The Hall–Kier alpha value is -3.40. The Balaban J connectivity index is 1.49. The second-order valence-electron chi connectivity index (χ2n) is 6.65. The summed E-state index contributed by atoms with van der Waals surface area (Å²) in [6, 6.07) is 7.94. The number of rotatable bonds is 6. The molecule has 0 aliphatic heterocycles. The highest BCUT2D eigenvalue weighted by Crippen LogP contribution is 2.11. The first kappa shape index (κ1) is 18.9. The van der Waals surface area contributed by atoms with Gasteiger partial charge in [0.15, 0.2) is 5.65 Å². The molecule has 1 N–H and O–H groups in total. The van der Waals surface area contributed by atoms with Crippen molar-refractivity contribution in [2.45, 2.75) is 26.9 Å². The van der Waals surface area contributed by atoms with E-state index in [0.717, 1.165) is 22.7 Å². The van der Waals surface area contributed by atoms with E-state index in [4.69, 9.17) is 0 Å². The number of carbonyl (C=O) groups is 1. The Morgan fingerprint density at radius 3 is 2.83 bits per heavy atom. The van der Waals surface area contributed by atoms with E-state index in [0.29, 0.717) is 41.2 Å². The first-order chi connectivity index (χ1) is 14.0. The summed E-state index contributed by atoms with van der Waals surface area (Å²) in [5, 5.41) is 11.4. The van der Waals surface area contributed by atoms with Crippen molar-refractivity contribution >= 4 is 28.5 Å². The molecule has 0 aliphatic carbocycles. The summed E-state index contributed by atoms with van der Waals surface area (Å²) in [5.41, 5.74) is 3.16. The van der Waals surface area contributed by atoms with Crippen LogP contribution in [0.5, 0.6) is 0 Å². The molecule has 4 aromatic rings. The summed E-state index contributed by atoms with van der Waals surface area (Å²) in [7, 11) is 0. The maximum atomic E-state index is 12.8. The van der Waals surface area contributed by atoms with E-state index in [1.54, 1.807) is 22.5 Å². The molecular formula is C19H19N7O2S. The summed E-state index contributed by atoms with van der Waals surface area (Å²) >= 11 is 1.06. The van der Waals surface area contributed by atoms with Gasteiger partial charge in [0.25, 0.3) is 11.5 Å². The minimum Gasteiger partial charge on any atom is -0.349 e. The lowest BCUT2D eigenvalue weighted by Gasteiger charge is -2.09. The van der Waals surface area contributed by atoms with Crippen LogP contribution in [0.1, 0.15) is 26.5 Å². The van der Waals surface area contributed by atoms with Crippen LogP contribution in [0.15, 0.2) is 41.6 Å². The van der Waals surface area contributed by atoms with Crippen LogP contribution in [0.2, 0.25) is 0 Å². The van der Waals surface area contributed by atoms with Crippen LogP contribution in [0.25, 0.3) is 11.0 Å². The molecule has 0 radical (unpaired) electrons. The van der Waals surface area contributed by atoms with Crippen LogP contribution in [0.4, 0.5) is 0 Å². The maximum Gasteiger partial charge on any atom is 0.265 e. The number of carbonyl (C=O) groups excluding carboxylic acids is 1. The summed E-state index contributed by atoms with van der Waals surface area (Å²) in [6.07, 6.45) is 3.07. The van der Waals surface area contributed by atoms with Crippen molar-refractivity contribution in [2.24, 2.45) is 0 Å². The second kappa shape index (κ2) is 7.92. The third-order valence-corrected chi connectivity index (χ3v) is 5.52. The normalized spacial score (nSPS) is 11.1. The first-order valence-electron chi connectivity index (χ1n) is 9.07. The first-order valence-corrected chi connectivity index (χ1v) is 9.84. The zero-order chi connectivity index (χ0) is 20.4. The largest absolute Gasteiger partial charge is 0.349 e. The van der Waals surface area contributed by atoms with Gasteiger partial charge in [-0.05, 0) is 36.5 Å². The molecule has 4 rings (SSSR count). The number of aromatic nitrogens is 6. The smallest absolute Gasteiger partial charge is 0.265 e. The molecule has 3 heterocycles. The average Bonchev–Trinajstić information content (AvgIpc) is 3.32. The number of hydrogen-bond donors (Lipinski definition) is 1. The van der Waals surface area contributed by atoms with E-state index in [2.05, 4.69) is 25.0 Å². The molecular weight excluding hydrogens is 390 g/mol. The second-order valence-corrected chi connectivity index (χ2v) is 7.41. The van der Waals surface area contributed by atoms with Crippen molar-refractivity contribution in [3.63, 3.8) is 0 Å². The third-order valence-electron chi connectivity index (χ3n) is 4.69. The van der Waals surface area contributed by atoms with Gasteiger partial charge in [-0.1, -0.05) is 28.8 Å². The fourth-order valence-electron chi connectivity index (χ4n) is 3.04. The van der Waals surface area contributed by atoms with E-state index in [1.807, 2.05) is 31.2 Å². The molecule has 0 atom stereocenters. The van der Waals surface area contributed by atoms with E-state index < -0.39 is 0 Å². The van der Waals surface area contributed by atoms with Gasteiger partial charge in [-0.25, -0.2) is 9.67 Å². The van der Waals surface area contributed by atoms with E-state index >= 15 is 0 Å². The molecule has 1 amide bonds. The Labute approximate surface area is 170 Å². The number of hydrogen-bond acceptors (Lipinski definition) is 7. The topological polar surface area (TPSA) is 108 Å². The number of nitrogens with zero attached hydrogens (tertiary/aromatic N) is 6. The van der Waals surface area contributed by atoms with Gasteiger partial charge in [0.05, 0.1) is 25.0 Å². The van der Waals surface area contributed by atoms with E-state index in [1.165, 1.54) is 6.20 Å². The molecule has 0 fully saturated rings. The molecule has 9 nitrogen and oxygen atoms in total.